The van der Waals surface area contributed by atoms with Crippen molar-refractivity contribution in [3.63, 3.8) is 0 Å². The average Bonchev–Trinajstić information content (AvgIpc) is 2.79. The summed E-state index contributed by atoms with van der Waals surface area (Å²) in [7, 11) is 8.45. The van der Waals surface area contributed by atoms with Gasteiger partial charge in [-0.25, -0.2) is 0 Å². The molecule has 2 nitrogen and oxygen atoms in total. The van der Waals surface area contributed by atoms with Gasteiger partial charge in [0.2, 0.25) is 0 Å². The Morgan fingerprint density at radius 2 is 2.00 bits per heavy atom. The summed E-state index contributed by atoms with van der Waals surface area (Å²) in [5.74, 6) is 0.354. The second kappa shape index (κ2) is 4.75. The van der Waals surface area contributed by atoms with Gasteiger partial charge in [-0.05, 0) is 42.9 Å². The number of nitrogens with zero attached hydrogens (tertiary/aromatic N) is 1. The van der Waals surface area contributed by atoms with Gasteiger partial charge < -0.3 is 4.98 Å². The predicted octanol–water partition coefficient (Wildman–Crippen LogP) is 3.38. The van der Waals surface area contributed by atoms with Crippen LogP contribution < -0.4 is 0 Å². The van der Waals surface area contributed by atoms with Crippen LogP contribution in [-0.2, 0) is 0 Å². The van der Waals surface area contributed by atoms with Crippen molar-refractivity contribution in [2.45, 2.75) is 35.3 Å². The Bertz CT molecular complexity index is 618. The van der Waals surface area contributed by atoms with Gasteiger partial charge in [0, 0.05) is 17.1 Å². The minimum atomic E-state index is -0.495. The molecular formula is C15H19BN2S2. The number of piperidine rings is 1. The van der Waals surface area contributed by atoms with E-state index >= 15 is 0 Å². The maximum Gasteiger partial charge on any atom is 0.108 e. The summed E-state index contributed by atoms with van der Waals surface area (Å²) >= 11 is 9.42. The fourth-order valence-corrected chi connectivity index (χ4v) is 4.13. The van der Waals surface area contributed by atoms with Crippen LogP contribution in [-0.4, -0.2) is 34.4 Å². The summed E-state index contributed by atoms with van der Waals surface area (Å²) in [5, 5.41) is 1.27. The van der Waals surface area contributed by atoms with Gasteiger partial charge in [-0.1, -0.05) is 25.1 Å². The third-order valence-corrected chi connectivity index (χ3v) is 5.51. The zero-order chi connectivity index (χ0) is 14.5. The van der Waals surface area contributed by atoms with Crippen molar-refractivity contribution in [1.82, 2.24) is 9.88 Å². The highest BCUT2D eigenvalue weighted by atomic mass is 32.2. The molecule has 1 aliphatic heterocycles. The van der Waals surface area contributed by atoms with Crippen LogP contribution in [0, 0.1) is 0 Å². The quantitative estimate of drug-likeness (QED) is 0.419. The summed E-state index contributed by atoms with van der Waals surface area (Å²) < 4.78 is -0.495. The van der Waals surface area contributed by atoms with E-state index in [1.54, 1.807) is 0 Å². The van der Waals surface area contributed by atoms with Crippen molar-refractivity contribution in [1.29, 1.82) is 0 Å². The van der Waals surface area contributed by atoms with Gasteiger partial charge in [-0.2, -0.15) is 0 Å². The lowest BCUT2D eigenvalue weighted by atomic mass is 9.67. The highest BCUT2D eigenvalue weighted by molar-refractivity contribution is 8.00. The molecule has 0 aliphatic carbocycles. The minimum absolute atomic E-state index is 0.354. The van der Waals surface area contributed by atoms with Crippen LogP contribution >= 0.6 is 25.3 Å². The van der Waals surface area contributed by atoms with Gasteiger partial charge in [-0.3, -0.25) is 4.90 Å². The van der Waals surface area contributed by atoms with Crippen molar-refractivity contribution in [3.8, 4) is 0 Å². The molecule has 1 fully saturated rings. The van der Waals surface area contributed by atoms with Crippen LogP contribution in [0.3, 0.4) is 0 Å². The Labute approximate surface area is 132 Å². The van der Waals surface area contributed by atoms with E-state index in [1.807, 2.05) is 13.1 Å². The summed E-state index contributed by atoms with van der Waals surface area (Å²) in [6.07, 6.45) is 3.87. The smallest absolute Gasteiger partial charge is 0.108 e. The number of H-pyrrole nitrogens is 1. The fraction of sp³-hybridized carbons (Fsp3) is 0.467. The number of thiol groups is 2. The number of nitrogens with one attached hydrogen (secondary N) is 1. The van der Waals surface area contributed by atoms with E-state index in [2.05, 4.69) is 41.2 Å². The van der Waals surface area contributed by atoms with E-state index in [4.69, 9.17) is 33.1 Å². The first kappa shape index (κ1) is 14.4. The number of likely N-dealkylation sites (tertiary alicyclic amines) is 1. The number of para-hydroxylation sites is 1. The molecule has 2 aromatic rings. The third kappa shape index (κ3) is 2.30. The Morgan fingerprint density at radius 3 is 2.70 bits per heavy atom. The highest BCUT2D eigenvalue weighted by Crippen LogP contribution is 2.48. The van der Waals surface area contributed by atoms with Crippen molar-refractivity contribution >= 4 is 44.0 Å². The van der Waals surface area contributed by atoms with Crippen molar-refractivity contribution < 1.29 is 0 Å². The third-order valence-electron chi connectivity index (χ3n) is 4.54. The molecule has 1 N–H and O–H groups in total. The molecule has 1 aromatic heterocycles. The largest absolute Gasteiger partial charge is 0.361 e. The SMILES string of the molecule is [B]C1(C)CC(c2c[nH]c3ccccc23)CC(S)(S)N1C. The number of fused-ring (bicyclic) bond motifs is 1. The molecule has 2 radical (unpaired) electrons. The fourth-order valence-electron chi connectivity index (χ4n) is 3.24. The molecule has 3 rings (SSSR count). The molecule has 2 unspecified atom stereocenters. The van der Waals surface area contributed by atoms with Gasteiger partial charge >= 0.3 is 0 Å². The van der Waals surface area contributed by atoms with Gasteiger partial charge in [0.1, 0.15) is 4.20 Å². The Hall–Kier alpha value is -0.515. The predicted molar refractivity (Wildman–Crippen MR) is 92.9 cm³/mol. The van der Waals surface area contributed by atoms with Crippen molar-refractivity contribution in [2.75, 3.05) is 7.05 Å². The lowest BCUT2D eigenvalue weighted by Crippen LogP contribution is -2.57. The number of hydrogen-bond donors (Lipinski definition) is 3. The number of benzene rings is 1. The standard InChI is InChI=1S/C15H19BN2S2/c1-14(16)7-10(8-15(19,20)18(14)2)12-9-17-13-6-4-3-5-11(12)13/h3-6,9-10,17,19-20H,7-8H2,1-2H3. The Kier molecular flexibility index (Phi) is 3.43. The summed E-state index contributed by atoms with van der Waals surface area (Å²) in [5.41, 5.74) is 2.08. The lowest BCUT2D eigenvalue weighted by molar-refractivity contribution is 0.114. The molecule has 2 heterocycles. The molecule has 5 heteroatoms. The number of rotatable bonds is 1. The molecule has 0 saturated carbocycles. The molecule has 1 aliphatic rings. The summed E-state index contributed by atoms with van der Waals surface area (Å²) in [6, 6.07) is 8.38. The normalized spacial score (nSPS) is 30.7. The zero-order valence-electron chi connectivity index (χ0n) is 11.8. The molecular weight excluding hydrogens is 283 g/mol. The molecule has 0 spiro atoms. The topological polar surface area (TPSA) is 19.0 Å². The maximum absolute atomic E-state index is 6.46. The molecule has 104 valence electrons. The molecule has 1 aromatic carbocycles. The average molecular weight is 302 g/mol. The van der Waals surface area contributed by atoms with Crippen LogP contribution in [0.1, 0.15) is 31.2 Å². The molecule has 0 bridgehead atoms. The monoisotopic (exact) mass is 302 g/mol. The minimum Gasteiger partial charge on any atom is -0.361 e. The van der Waals surface area contributed by atoms with Gasteiger partial charge in [0.25, 0.3) is 0 Å². The van der Waals surface area contributed by atoms with Gasteiger partial charge in [0.15, 0.2) is 0 Å². The van der Waals surface area contributed by atoms with Crippen molar-refractivity contribution in [3.05, 3.63) is 36.0 Å². The number of hydrogen-bond acceptors (Lipinski definition) is 3. The van der Waals surface area contributed by atoms with Crippen LogP contribution in [0.4, 0.5) is 0 Å². The second-order valence-electron chi connectivity index (χ2n) is 6.09. The Balaban J connectivity index is 2.02. The number of aromatic amines is 1. The van der Waals surface area contributed by atoms with E-state index in [1.165, 1.54) is 16.5 Å². The summed E-state index contributed by atoms with van der Waals surface area (Å²) in [4.78, 5) is 5.40. The highest BCUT2D eigenvalue weighted by Gasteiger charge is 2.44. The van der Waals surface area contributed by atoms with E-state index in [0.717, 1.165) is 12.8 Å². The lowest BCUT2D eigenvalue weighted by Gasteiger charge is -2.52. The second-order valence-corrected chi connectivity index (χ2v) is 7.92. The molecule has 0 amide bonds. The molecule has 2 atom stereocenters. The van der Waals surface area contributed by atoms with Gasteiger partial charge in [-0.15, -0.1) is 25.3 Å². The molecule has 20 heavy (non-hydrogen) atoms. The number of aromatic nitrogens is 1. The van der Waals surface area contributed by atoms with E-state index < -0.39 is 9.64 Å². The maximum atomic E-state index is 6.46. The zero-order valence-corrected chi connectivity index (χ0v) is 13.6. The first-order valence-corrected chi connectivity index (χ1v) is 7.74. The van der Waals surface area contributed by atoms with Crippen LogP contribution in [0.25, 0.3) is 10.9 Å². The van der Waals surface area contributed by atoms with E-state index in [9.17, 15) is 0 Å². The van der Waals surface area contributed by atoms with Crippen molar-refractivity contribution in [2.24, 2.45) is 0 Å². The summed E-state index contributed by atoms with van der Waals surface area (Å²) in [6.45, 7) is 2.05. The van der Waals surface area contributed by atoms with Gasteiger partial charge in [0.05, 0.1) is 7.85 Å². The first-order valence-electron chi connectivity index (χ1n) is 6.85. The molecule has 1 saturated heterocycles. The van der Waals surface area contributed by atoms with E-state index in [-0.39, 0.29) is 0 Å². The van der Waals surface area contributed by atoms with E-state index in [0.29, 0.717) is 5.92 Å². The van der Waals surface area contributed by atoms with Crippen LogP contribution in [0.2, 0.25) is 0 Å². The Morgan fingerprint density at radius 1 is 1.30 bits per heavy atom. The van der Waals surface area contributed by atoms with Crippen LogP contribution in [0.5, 0.6) is 0 Å². The first-order chi connectivity index (χ1) is 9.31. The van der Waals surface area contributed by atoms with Crippen LogP contribution in [0.15, 0.2) is 30.5 Å².